The number of nitriles is 1. The molecule has 2 aromatic heterocycles. The van der Waals surface area contributed by atoms with E-state index in [-0.39, 0.29) is 70.0 Å². The molecule has 45 heavy (non-hydrogen) atoms. The van der Waals surface area contributed by atoms with Gasteiger partial charge >= 0.3 is 6.09 Å². The van der Waals surface area contributed by atoms with Gasteiger partial charge in [-0.05, 0) is 63.3 Å². The lowest BCUT2D eigenvalue weighted by molar-refractivity contribution is 0.0636. The van der Waals surface area contributed by atoms with E-state index in [2.05, 4.69) is 28.3 Å². The second-order valence-electron chi connectivity index (χ2n) is 12.4. The van der Waals surface area contributed by atoms with E-state index in [1.54, 1.807) is 27.7 Å². The Morgan fingerprint density at radius 1 is 1.22 bits per heavy atom. The van der Waals surface area contributed by atoms with Crippen LogP contribution in [0.3, 0.4) is 0 Å². The van der Waals surface area contributed by atoms with E-state index in [0.717, 1.165) is 17.8 Å². The molecular formula is C32H32F2N6O4S. The maximum absolute atomic E-state index is 17.1. The van der Waals surface area contributed by atoms with Gasteiger partial charge in [0.25, 0.3) is 0 Å². The highest BCUT2D eigenvalue weighted by Crippen LogP contribution is 2.48. The quantitative estimate of drug-likeness (QED) is 0.211. The van der Waals surface area contributed by atoms with E-state index >= 15 is 8.78 Å². The Morgan fingerprint density at radius 2 is 1.98 bits per heavy atom. The van der Waals surface area contributed by atoms with Crippen LogP contribution in [0.2, 0.25) is 0 Å². The largest absolute Gasteiger partial charge is 0.471 e. The lowest BCUT2D eigenvalue weighted by Gasteiger charge is -2.21. The van der Waals surface area contributed by atoms with Gasteiger partial charge < -0.3 is 24.5 Å². The zero-order valence-corrected chi connectivity index (χ0v) is 26.4. The maximum Gasteiger partial charge on any atom is 0.412 e. The summed E-state index contributed by atoms with van der Waals surface area (Å²) in [5, 5.41) is 21.4. The molecule has 4 aromatic rings. The number of thiophene rings is 1. The fourth-order valence-corrected chi connectivity index (χ4v) is 6.83. The molecule has 0 spiro atoms. The number of benzene rings is 2. The summed E-state index contributed by atoms with van der Waals surface area (Å²) in [5.74, 6) is -0.742. The molecule has 0 radical (unpaired) electrons. The number of aromatic nitrogens is 2. The van der Waals surface area contributed by atoms with Crippen LogP contribution in [0.5, 0.6) is 5.88 Å². The van der Waals surface area contributed by atoms with Crippen molar-refractivity contribution in [2.75, 3.05) is 29.9 Å². The molecule has 2 aromatic carbocycles. The number of ether oxygens (including phenoxy) is 3. The molecule has 234 valence electrons. The van der Waals surface area contributed by atoms with E-state index in [9.17, 15) is 10.1 Å². The van der Waals surface area contributed by atoms with Crippen LogP contribution in [0, 0.1) is 34.3 Å². The minimum atomic E-state index is -0.801. The van der Waals surface area contributed by atoms with E-state index in [0.29, 0.717) is 40.2 Å². The second-order valence-corrected chi connectivity index (χ2v) is 13.5. The molecular weight excluding hydrogens is 602 g/mol. The monoisotopic (exact) mass is 634 g/mol. The molecule has 2 aliphatic heterocycles. The third-order valence-corrected chi connectivity index (χ3v) is 8.74. The van der Waals surface area contributed by atoms with Crippen LogP contribution in [-0.4, -0.2) is 47.1 Å². The molecule has 2 N–H and O–H groups in total. The molecule has 1 amide bonds. The zero-order chi connectivity index (χ0) is 32.2. The lowest BCUT2D eigenvalue weighted by atomic mass is 9.90. The molecule has 0 aliphatic carbocycles. The smallest absolute Gasteiger partial charge is 0.412 e. The van der Waals surface area contributed by atoms with Gasteiger partial charge in [-0.15, -0.1) is 11.3 Å². The molecule has 2 aliphatic rings. The average molecular weight is 635 g/mol. The summed E-state index contributed by atoms with van der Waals surface area (Å²) < 4.78 is 50.7. The van der Waals surface area contributed by atoms with Crippen molar-refractivity contribution >= 4 is 55.1 Å². The fraction of sp³-hybridized carbons (Fsp3) is 0.406. The van der Waals surface area contributed by atoms with Crippen LogP contribution in [0.4, 0.5) is 24.5 Å². The maximum atomic E-state index is 17.1. The summed E-state index contributed by atoms with van der Waals surface area (Å²) in [6.45, 7) is 10.2. The second kappa shape index (κ2) is 11.5. The molecule has 1 saturated heterocycles. The summed E-state index contributed by atoms with van der Waals surface area (Å²) in [4.78, 5) is 23.9. The van der Waals surface area contributed by atoms with Crippen molar-refractivity contribution in [1.29, 1.82) is 10.7 Å². The number of rotatable bonds is 6. The predicted octanol–water partition coefficient (Wildman–Crippen LogP) is 7.30. The van der Waals surface area contributed by atoms with Crippen LogP contribution in [0.15, 0.2) is 12.1 Å². The van der Waals surface area contributed by atoms with Crippen LogP contribution in [0.1, 0.15) is 57.7 Å². The number of halogens is 2. The summed E-state index contributed by atoms with van der Waals surface area (Å²) in [6.07, 6.45) is 0.150. The average Bonchev–Trinajstić information content (AvgIpc) is 3.70. The van der Waals surface area contributed by atoms with Crippen molar-refractivity contribution in [3.05, 3.63) is 40.5 Å². The Kier molecular flexibility index (Phi) is 7.82. The minimum absolute atomic E-state index is 0.0116. The summed E-state index contributed by atoms with van der Waals surface area (Å²) >= 11 is 1.07. The van der Waals surface area contributed by atoms with E-state index < -0.39 is 23.3 Å². The Balaban J connectivity index is 1.61. The minimum Gasteiger partial charge on any atom is -0.471 e. The zero-order valence-electron chi connectivity index (χ0n) is 25.6. The molecule has 1 fully saturated rings. The van der Waals surface area contributed by atoms with Crippen molar-refractivity contribution in [2.45, 2.75) is 59.9 Å². The molecule has 1 atom stereocenters. The number of hydrogen-bond donors (Lipinski definition) is 2. The van der Waals surface area contributed by atoms with Gasteiger partial charge in [-0.25, -0.2) is 18.6 Å². The predicted molar refractivity (Wildman–Crippen MR) is 168 cm³/mol. The van der Waals surface area contributed by atoms with Gasteiger partial charge in [0.1, 0.15) is 34.6 Å². The first-order valence-electron chi connectivity index (χ1n) is 14.6. The Labute approximate surface area is 262 Å². The molecule has 4 heterocycles. The number of fused-ring (bicyclic) bond motifs is 4. The van der Waals surface area contributed by atoms with Gasteiger partial charge in [0.2, 0.25) is 11.8 Å². The highest BCUT2D eigenvalue weighted by molar-refractivity contribution is 7.23. The molecule has 13 heteroatoms. The van der Waals surface area contributed by atoms with Gasteiger partial charge in [0, 0.05) is 40.0 Å². The summed E-state index contributed by atoms with van der Waals surface area (Å²) in [7, 11) is 0. The number of carbonyl (C=O) groups is 1. The van der Waals surface area contributed by atoms with Crippen LogP contribution >= 0.6 is 11.3 Å². The first kappa shape index (κ1) is 30.6. The number of hydrogen-bond acceptors (Lipinski definition) is 10. The normalized spacial score (nSPS) is 16.2. The fourth-order valence-electron chi connectivity index (χ4n) is 5.79. The molecule has 1 unspecified atom stereocenters. The Bertz CT molecular complexity index is 1930. The summed E-state index contributed by atoms with van der Waals surface area (Å²) in [5.41, 5.74) is 0.165. The van der Waals surface area contributed by atoms with Crippen molar-refractivity contribution in [3.8, 4) is 23.1 Å². The van der Waals surface area contributed by atoms with Crippen molar-refractivity contribution in [1.82, 2.24) is 9.97 Å². The number of carbonyl (C=O) groups excluding carboxylic acids is 1. The highest BCUT2D eigenvalue weighted by atomic mass is 32.1. The molecule has 0 bridgehead atoms. The molecule has 6 rings (SSSR count). The van der Waals surface area contributed by atoms with Crippen LogP contribution in [0.25, 0.3) is 32.1 Å². The SMILES string of the molecule is CC(=N)COc1nc(N2CCC(C)C2)nc2c(F)c(-c3c(F)ccc4sc(NC(=O)OC(C)(C)C)c(C#N)c34)c3c(c12)COC3. The van der Waals surface area contributed by atoms with E-state index in [1.165, 1.54) is 12.1 Å². The van der Waals surface area contributed by atoms with Crippen LogP contribution in [-0.2, 0) is 22.7 Å². The number of anilines is 2. The Hall–Kier alpha value is -4.41. The standard InChI is InChI=1S/C32H32F2N6O4S/c1-15-8-9-40(11-15)30-37-27-24(28(38-30)43-12-16(2)36)19-14-42-13-18(19)23(26(27)34)25-20(33)6-7-21-22(25)17(10-35)29(45-21)39-31(41)44-32(3,4)5/h6-7,15,36H,8-9,11-14H2,1-5H3,(H,39,41). The van der Waals surface area contributed by atoms with Gasteiger partial charge in [-0.2, -0.15) is 10.2 Å². The topological polar surface area (TPSA) is 133 Å². The van der Waals surface area contributed by atoms with Gasteiger partial charge in [0.05, 0.1) is 24.2 Å². The van der Waals surface area contributed by atoms with E-state index in [4.69, 9.17) is 19.6 Å². The third kappa shape index (κ3) is 5.64. The number of nitrogens with one attached hydrogen (secondary N) is 2. The lowest BCUT2D eigenvalue weighted by Crippen LogP contribution is -2.27. The number of amides is 1. The first-order valence-corrected chi connectivity index (χ1v) is 15.4. The van der Waals surface area contributed by atoms with Gasteiger partial charge in [0.15, 0.2) is 5.82 Å². The van der Waals surface area contributed by atoms with Gasteiger partial charge in [-0.3, -0.25) is 5.32 Å². The van der Waals surface area contributed by atoms with Crippen LogP contribution < -0.4 is 15.0 Å². The van der Waals surface area contributed by atoms with Gasteiger partial charge in [-0.1, -0.05) is 6.92 Å². The van der Waals surface area contributed by atoms with Crippen molar-refractivity contribution < 1.29 is 27.8 Å². The third-order valence-electron chi connectivity index (χ3n) is 7.67. The first-order chi connectivity index (χ1) is 21.4. The van der Waals surface area contributed by atoms with E-state index in [1.807, 2.05) is 4.90 Å². The molecule has 10 nitrogen and oxygen atoms in total. The number of nitrogens with zero attached hydrogens (tertiary/aromatic N) is 4. The molecule has 0 saturated carbocycles. The van der Waals surface area contributed by atoms with Crippen molar-refractivity contribution in [2.24, 2.45) is 5.92 Å². The van der Waals surface area contributed by atoms with Crippen molar-refractivity contribution in [3.63, 3.8) is 0 Å². The Morgan fingerprint density at radius 3 is 2.64 bits per heavy atom. The highest BCUT2D eigenvalue weighted by Gasteiger charge is 2.33. The summed E-state index contributed by atoms with van der Waals surface area (Å²) in [6, 6.07) is 4.80.